The molecule has 0 radical (unpaired) electrons. The van der Waals surface area contributed by atoms with Gasteiger partial charge in [0.1, 0.15) is 16.4 Å². The highest BCUT2D eigenvalue weighted by Gasteiger charge is 2.33. The molecule has 8 heteroatoms. The number of halogens is 2. The van der Waals surface area contributed by atoms with Gasteiger partial charge in [-0.05, 0) is 42.8 Å². The van der Waals surface area contributed by atoms with Crippen LogP contribution in [-0.2, 0) is 9.53 Å². The molecule has 1 aliphatic rings. The summed E-state index contributed by atoms with van der Waals surface area (Å²) in [7, 11) is 0. The number of rotatable bonds is 4. The van der Waals surface area contributed by atoms with E-state index in [-0.39, 0.29) is 17.9 Å². The summed E-state index contributed by atoms with van der Waals surface area (Å²) in [6.45, 7) is 1.87. The molecule has 3 rings (SSSR count). The van der Waals surface area contributed by atoms with E-state index in [0.717, 1.165) is 17.3 Å². The molecule has 0 bridgehead atoms. The zero-order valence-corrected chi connectivity index (χ0v) is 16.5. The van der Waals surface area contributed by atoms with Crippen LogP contribution >= 0.6 is 35.0 Å². The summed E-state index contributed by atoms with van der Waals surface area (Å²) in [5.41, 5.74) is 1.21. The summed E-state index contributed by atoms with van der Waals surface area (Å²) in [4.78, 5) is 21.3. The summed E-state index contributed by atoms with van der Waals surface area (Å²) in [6.07, 6.45) is 5.02. The zero-order valence-electron chi connectivity index (χ0n) is 14.1. The van der Waals surface area contributed by atoms with Crippen molar-refractivity contribution in [2.45, 2.75) is 6.92 Å². The van der Waals surface area contributed by atoms with E-state index in [9.17, 15) is 9.90 Å². The summed E-state index contributed by atoms with van der Waals surface area (Å²) >= 11 is 13.2. The Hall–Kier alpha value is -2.28. The molecule has 138 valence electrons. The van der Waals surface area contributed by atoms with Crippen LogP contribution in [0.3, 0.4) is 0 Å². The number of benzene rings is 1. The second kappa shape index (κ2) is 8.61. The number of aliphatic hydroxyl groups is 1. The molecule has 0 aliphatic carbocycles. The second-order valence-electron chi connectivity index (χ2n) is 5.35. The SMILES string of the molecule is CCOC(=O)C1=C(O)C(=Cc2cccnc2)SC1=Nc1ccc(Cl)cc1Cl. The molecule has 5 nitrogen and oxygen atoms in total. The number of aromatic nitrogens is 1. The fourth-order valence-corrected chi connectivity index (χ4v) is 3.76. The number of aliphatic hydroxyl groups excluding tert-OH is 1. The standard InChI is InChI=1S/C19H14Cl2N2O3S/c1-2-26-19(25)16-17(24)15(8-11-4-3-7-22-10-11)27-18(16)23-14-6-5-12(20)9-13(14)21/h3-10,24H,2H2,1H3. The third-order valence-corrected chi connectivity index (χ3v) is 5.04. The predicted octanol–water partition coefficient (Wildman–Crippen LogP) is 5.58. The molecule has 1 aromatic heterocycles. The molecule has 0 fully saturated rings. The number of esters is 1. The minimum atomic E-state index is -0.652. The third-order valence-electron chi connectivity index (χ3n) is 3.48. The lowest BCUT2D eigenvalue weighted by molar-refractivity contribution is -0.138. The van der Waals surface area contributed by atoms with Crippen LogP contribution in [0.2, 0.25) is 10.0 Å². The van der Waals surface area contributed by atoms with Gasteiger partial charge in [-0.25, -0.2) is 9.79 Å². The van der Waals surface area contributed by atoms with Crippen LogP contribution in [-0.4, -0.2) is 27.7 Å². The molecule has 0 spiro atoms. The fourth-order valence-electron chi connectivity index (χ4n) is 2.29. The maximum absolute atomic E-state index is 12.4. The van der Waals surface area contributed by atoms with Gasteiger partial charge in [0.15, 0.2) is 0 Å². The highest BCUT2D eigenvalue weighted by Crippen LogP contribution is 2.41. The Labute approximate surface area is 170 Å². The number of thioether (sulfide) groups is 1. The molecular formula is C19H14Cl2N2O3S. The largest absolute Gasteiger partial charge is 0.506 e. The van der Waals surface area contributed by atoms with E-state index in [0.29, 0.717) is 25.7 Å². The third kappa shape index (κ3) is 4.53. The van der Waals surface area contributed by atoms with Crippen LogP contribution < -0.4 is 0 Å². The van der Waals surface area contributed by atoms with Gasteiger partial charge < -0.3 is 9.84 Å². The van der Waals surface area contributed by atoms with Gasteiger partial charge in [-0.1, -0.05) is 41.0 Å². The van der Waals surface area contributed by atoms with Crippen LogP contribution in [0.5, 0.6) is 0 Å². The summed E-state index contributed by atoms with van der Waals surface area (Å²) in [5, 5.41) is 11.7. The van der Waals surface area contributed by atoms with Gasteiger partial charge in [0.2, 0.25) is 0 Å². The normalized spacial score (nSPS) is 17.0. The van der Waals surface area contributed by atoms with E-state index in [2.05, 4.69) is 9.98 Å². The van der Waals surface area contributed by atoms with Crippen molar-refractivity contribution in [1.82, 2.24) is 4.98 Å². The van der Waals surface area contributed by atoms with E-state index >= 15 is 0 Å². The number of aliphatic imine (C=N–C) groups is 1. The Bertz CT molecular complexity index is 972. The molecule has 0 saturated heterocycles. The van der Waals surface area contributed by atoms with Gasteiger partial charge in [-0.3, -0.25) is 4.98 Å². The van der Waals surface area contributed by atoms with Crippen molar-refractivity contribution in [2.24, 2.45) is 4.99 Å². The van der Waals surface area contributed by atoms with Crippen molar-refractivity contribution in [2.75, 3.05) is 6.61 Å². The van der Waals surface area contributed by atoms with Crippen molar-refractivity contribution in [3.63, 3.8) is 0 Å². The van der Waals surface area contributed by atoms with Crippen molar-refractivity contribution in [3.8, 4) is 0 Å². The Morgan fingerprint density at radius 1 is 1.37 bits per heavy atom. The van der Waals surface area contributed by atoms with E-state index in [1.165, 1.54) is 0 Å². The van der Waals surface area contributed by atoms with Crippen LogP contribution in [0.4, 0.5) is 5.69 Å². The molecule has 27 heavy (non-hydrogen) atoms. The Kier molecular flexibility index (Phi) is 6.21. The number of carbonyl (C=O) groups is 1. The fraction of sp³-hybridized carbons (Fsp3) is 0.105. The van der Waals surface area contributed by atoms with Gasteiger partial charge in [0, 0.05) is 17.4 Å². The smallest absolute Gasteiger partial charge is 0.344 e. The Morgan fingerprint density at radius 2 is 2.19 bits per heavy atom. The molecule has 0 amide bonds. The molecule has 0 atom stereocenters. The van der Waals surface area contributed by atoms with E-state index in [4.69, 9.17) is 27.9 Å². The highest BCUT2D eigenvalue weighted by molar-refractivity contribution is 8.18. The van der Waals surface area contributed by atoms with Gasteiger partial charge in [-0.2, -0.15) is 0 Å². The Morgan fingerprint density at radius 3 is 2.85 bits per heavy atom. The minimum Gasteiger partial charge on any atom is -0.506 e. The van der Waals surface area contributed by atoms with Crippen molar-refractivity contribution < 1.29 is 14.6 Å². The van der Waals surface area contributed by atoms with Crippen LogP contribution in [0.25, 0.3) is 6.08 Å². The lowest BCUT2D eigenvalue weighted by Gasteiger charge is -2.05. The number of pyridine rings is 1. The predicted molar refractivity (Wildman–Crippen MR) is 110 cm³/mol. The van der Waals surface area contributed by atoms with E-state index in [1.807, 2.05) is 6.07 Å². The Balaban J connectivity index is 2.06. The molecule has 0 unspecified atom stereocenters. The minimum absolute atomic E-state index is 0.00278. The molecule has 0 saturated carbocycles. The average Bonchev–Trinajstić information content (AvgIpc) is 2.94. The summed E-state index contributed by atoms with van der Waals surface area (Å²) in [5.74, 6) is -0.841. The molecule has 1 aliphatic heterocycles. The van der Waals surface area contributed by atoms with E-state index < -0.39 is 5.97 Å². The maximum atomic E-state index is 12.4. The van der Waals surface area contributed by atoms with Gasteiger partial charge in [0.05, 0.1) is 22.2 Å². The molecule has 1 N–H and O–H groups in total. The average molecular weight is 421 g/mol. The molecule has 2 aromatic rings. The first-order valence-electron chi connectivity index (χ1n) is 7.94. The number of ether oxygens (including phenoxy) is 1. The first-order chi connectivity index (χ1) is 13.0. The quantitative estimate of drug-likeness (QED) is 0.653. The number of hydrogen-bond donors (Lipinski definition) is 1. The van der Waals surface area contributed by atoms with Gasteiger partial charge >= 0.3 is 5.97 Å². The number of nitrogens with zero attached hydrogens (tertiary/aromatic N) is 2. The lowest BCUT2D eigenvalue weighted by atomic mass is 10.2. The first kappa shape index (κ1) is 19.5. The number of hydrogen-bond acceptors (Lipinski definition) is 6. The van der Waals surface area contributed by atoms with Gasteiger partial charge in [0.25, 0.3) is 0 Å². The highest BCUT2D eigenvalue weighted by atomic mass is 35.5. The summed E-state index contributed by atoms with van der Waals surface area (Å²) < 4.78 is 5.07. The van der Waals surface area contributed by atoms with Crippen LogP contribution in [0.1, 0.15) is 12.5 Å². The second-order valence-corrected chi connectivity index (χ2v) is 7.23. The zero-order chi connectivity index (χ0) is 19.4. The number of carbonyl (C=O) groups excluding carboxylic acids is 1. The van der Waals surface area contributed by atoms with Crippen molar-refractivity contribution in [1.29, 1.82) is 0 Å². The lowest BCUT2D eigenvalue weighted by Crippen LogP contribution is -2.12. The van der Waals surface area contributed by atoms with Crippen LogP contribution in [0.15, 0.2) is 64.0 Å². The van der Waals surface area contributed by atoms with E-state index in [1.54, 1.807) is 49.7 Å². The topological polar surface area (TPSA) is 71.8 Å². The molecular weight excluding hydrogens is 407 g/mol. The molecule has 2 heterocycles. The van der Waals surface area contributed by atoms with Crippen molar-refractivity contribution >= 4 is 57.7 Å². The van der Waals surface area contributed by atoms with Gasteiger partial charge in [-0.15, -0.1) is 0 Å². The van der Waals surface area contributed by atoms with Crippen LogP contribution in [0, 0.1) is 0 Å². The first-order valence-corrected chi connectivity index (χ1v) is 9.51. The van der Waals surface area contributed by atoms with Crippen molar-refractivity contribution in [3.05, 3.63) is 74.6 Å². The molecule has 1 aromatic carbocycles. The summed E-state index contributed by atoms with van der Waals surface area (Å²) in [6, 6.07) is 8.46. The maximum Gasteiger partial charge on any atom is 0.344 e. The monoisotopic (exact) mass is 420 g/mol.